The van der Waals surface area contributed by atoms with Crippen LogP contribution in [0.25, 0.3) is 0 Å². The highest BCUT2D eigenvalue weighted by Crippen LogP contribution is 2.29. The van der Waals surface area contributed by atoms with Gasteiger partial charge in [-0.2, -0.15) is 0 Å². The summed E-state index contributed by atoms with van der Waals surface area (Å²) in [4.78, 5) is 14.5. The van der Waals surface area contributed by atoms with Crippen LogP contribution in [0.2, 0.25) is 0 Å². The first-order chi connectivity index (χ1) is 11.1. The van der Waals surface area contributed by atoms with Gasteiger partial charge in [0.05, 0.1) is 0 Å². The zero-order valence-electron chi connectivity index (χ0n) is 12.3. The monoisotopic (exact) mass is 305 g/mol. The van der Waals surface area contributed by atoms with Gasteiger partial charge in [-0.1, -0.05) is 18.2 Å². The number of anilines is 2. The molecule has 0 saturated heterocycles. The van der Waals surface area contributed by atoms with Crippen LogP contribution >= 0.6 is 0 Å². The number of hydrogen-bond acceptors (Lipinski definition) is 3. The third-order valence-electron chi connectivity index (χ3n) is 3.44. The van der Waals surface area contributed by atoms with Crippen LogP contribution < -0.4 is 4.90 Å². The molecule has 2 N–H and O–H groups in total. The maximum Gasteiger partial charge on any atom is 0.262 e. The van der Waals surface area contributed by atoms with Crippen molar-refractivity contribution in [2.75, 3.05) is 4.90 Å². The lowest BCUT2D eigenvalue weighted by Crippen LogP contribution is -2.25. The predicted octanol–water partition coefficient (Wildman–Crippen LogP) is 4.08. The molecular formula is C19H15NO3. The fraction of sp³-hybridized carbons (Fsp3) is 0. The van der Waals surface area contributed by atoms with E-state index in [0.29, 0.717) is 11.3 Å². The van der Waals surface area contributed by atoms with E-state index in [4.69, 9.17) is 0 Å². The fourth-order valence-electron chi connectivity index (χ4n) is 2.30. The summed E-state index contributed by atoms with van der Waals surface area (Å²) >= 11 is 0. The Kier molecular flexibility index (Phi) is 3.97. The minimum atomic E-state index is -0.220. The van der Waals surface area contributed by atoms with Gasteiger partial charge in [0.1, 0.15) is 11.5 Å². The van der Waals surface area contributed by atoms with Crippen LogP contribution in [0.15, 0.2) is 78.9 Å². The molecule has 4 nitrogen and oxygen atoms in total. The van der Waals surface area contributed by atoms with Crippen LogP contribution in [-0.4, -0.2) is 16.1 Å². The van der Waals surface area contributed by atoms with Crippen molar-refractivity contribution in [1.29, 1.82) is 0 Å². The first-order valence-electron chi connectivity index (χ1n) is 7.13. The minimum Gasteiger partial charge on any atom is -0.508 e. The summed E-state index contributed by atoms with van der Waals surface area (Å²) in [5, 5.41) is 18.9. The lowest BCUT2D eigenvalue weighted by molar-refractivity contribution is 0.0999. The smallest absolute Gasteiger partial charge is 0.262 e. The quantitative estimate of drug-likeness (QED) is 0.766. The third kappa shape index (κ3) is 3.16. The molecule has 0 aliphatic heterocycles. The second-order valence-corrected chi connectivity index (χ2v) is 5.04. The first-order valence-corrected chi connectivity index (χ1v) is 7.13. The molecule has 3 rings (SSSR count). The molecule has 114 valence electrons. The Morgan fingerprint density at radius 2 is 1.13 bits per heavy atom. The molecule has 0 aliphatic carbocycles. The average Bonchev–Trinajstić information content (AvgIpc) is 2.58. The topological polar surface area (TPSA) is 60.8 Å². The second kappa shape index (κ2) is 6.23. The fourth-order valence-corrected chi connectivity index (χ4v) is 2.30. The third-order valence-corrected chi connectivity index (χ3v) is 3.44. The maximum atomic E-state index is 12.9. The number of hydrogen-bond donors (Lipinski definition) is 2. The van der Waals surface area contributed by atoms with Gasteiger partial charge in [-0.05, 0) is 60.7 Å². The Hall–Kier alpha value is -3.27. The molecular weight excluding hydrogens is 290 g/mol. The molecule has 0 atom stereocenters. The van der Waals surface area contributed by atoms with Crippen LogP contribution in [-0.2, 0) is 0 Å². The number of carbonyl (C=O) groups is 1. The molecule has 3 aromatic carbocycles. The number of phenolic OH excluding ortho intramolecular Hbond substituents is 2. The van der Waals surface area contributed by atoms with Crippen LogP contribution in [0.1, 0.15) is 10.4 Å². The number of carbonyl (C=O) groups excluding carboxylic acids is 1. The highest BCUT2D eigenvalue weighted by molar-refractivity contribution is 6.10. The van der Waals surface area contributed by atoms with Crippen molar-refractivity contribution >= 4 is 17.3 Å². The lowest BCUT2D eigenvalue weighted by atomic mass is 10.1. The molecule has 0 bridgehead atoms. The highest BCUT2D eigenvalue weighted by Gasteiger charge is 2.19. The molecule has 3 aromatic rings. The molecule has 0 aliphatic rings. The van der Waals surface area contributed by atoms with Crippen molar-refractivity contribution in [3.63, 3.8) is 0 Å². The lowest BCUT2D eigenvalue weighted by Gasteiger charge is -2.23. The summed E-state index contributed by atoms with van der Waals surface area (Å²) in [6.45, 7) is 0. The Morgan fingerprint density at radius 3 is 1.70 bits per heavy atom. The van der Waals surface area contributed by atoms with Crippen LogP contribution in [0, 0.1) is 0 Å². The molecule has 0 unspecified atom stereocenters. The average molecular weight is 305 g/mol. The number of para-hydroxylation sites is 1. The number of phenols is 2. The van der Waals surface area contributed by atoms with Crippen molar-refractivity contribution < 1.29 is 15.0 Å². The maximum absolute atomic E-state index is 12.9. The Labute approximate surface area is 133 Å². The van der Waals surface area contributed by atoms with Gasteiger partial charge in [0.15, 0.2) is 0 Å². The normalized spacial score (nSPS) is 10.3. The number of amides is 1. The molecule has 23 heavy (non-hydrogen) atoms. The van der Waals surface area contributed by atoms with Gasteiger partial charge < -0.3 is 10.2 Å². The zero-order chi connectivity index (χ0) is 16.2. The van der Waals surface area contributed by atoms with Crippen LogP contribution in [0.4, 0.5) is 11.4 Å². The van der Waals surface area contributed by atoms with Crippen molar-refractivity contribution in [2.45, 2.75) is 0 Å². The number of benzene rings is 3. The number of rotatable bonds is 3. The Morgan fingerprint density at radius 1 is 0.652 bits per heavy atom. The van der Waals surface area contributed by atoms with Crippen molar-refractivity contribution in [3.8, 4) is 11.5 Å². The summed E-state index contributed by atoms with van der Waals surface area (Å²) in [5.41, 5.74) is 1.82. The molecule has 0 radical (unpaired) electrons. The molecule has 0 saturated carbocycles. The largest absolute Gasteiger partial charge is 0.508 e. The highest BCUT2D eigenvalue weighted by atomic mass is 16.3. The van der Waals surface area contributed by atoms with Gasteiger partial charge in [-0.25, -0.2) is 0 Å². The standard InChI is InChI=1S/C19H15NO3/c21-17-10-6-14(7-11-17)19(23)20(15-4-2-1-3-5-15)16-8-12-18(22)13-9-16/h1-13,21-22H. The summed E-state index contributed by atoms with van der Waals surface area (Å²) in [7, 11) is 0. The van der Waals surface area contributed by atoms with E-state index in [9.17, 15) is 15.0 Å². The van der Waals surface area contributed by atoms with Gasteiger partial charge in [0, 0.05) is 16.9 Å². The zero-order valence-corrected chi connectivity index (χ0v) is 12.3. The van der Waals surface area contributed by atoms with Gasteiger partial charge in [-0.15, -0.1) is 0 Å². The summed E-state index contributed by atoms with van der Waals surface area (Å²) < 4.78 is 0. The van der Waals surface area contributed by atoms with Crippen molar-refractivity contribution in [1.82, 2.24) is 0 Å². The van der Waals surface area contributed by atoms with Gasteiger partial charge >= 0.3 is 0 Å². The molecule has 0 fully saturated rings. The summed E-state index contributed by atoms with van der Waals surface area (Å²) in [6, 6.07) is 21.8. The van der Waals surface area contributed by atoms with Gasteiger partial charge in [0.25, 0.3) is 5.91 Å². The van der Waals surface area contributed by atoms with E-state index in [1.165, 1.54) is 24.3 Å². The predicted molar refractivity (Wildman–Crippen MR) is 89.1 cm³/mol. The van der Waals surface area contributed by atoms with E-state index in [-0.39, 0.29) is 17.4 Å². The van der Waals surface area contributed by atoms with Crippen molar-refractivity contribution in [2.24, 2.45) is 0 Å². The summed E-state index contributed by atoms with van der Waals surface area (Å²) in [5.74, 6) is 0.0261. The second-order valence-electron chi connectivity index (χ2n) is 5.04. The van der Waals surface area contributed by atoms with E-state index in [1.54, 1.807) is 29.2 Å². The molecule has 4 heteroatoms. The molecule has 0 aromatic heterocycles. The van der Waals surface area contributed by atoms with Crippen LogP contribution in [0.5, 0.6) is 11.5 Å². The number of nitrogens with zero attached hydrogens (tertiary/aromatic N) is 1. The van der Waals surface area contributed by atoms with Gasteiger partial charge in [0.2, 0.25) is 0 Å². The van der Waals surface area contributed by atoms with E-state index >= 15 is 0 Å². The van der Waals surface area contributed by atoms with Crippen molar-refractivity contribution in [3.05, 3.63) is 84.4 Å². The Bertz CT molecular complexity index is 796. The molecule has 1 amide bonds. The van der Waals surface area contributed by atoms with E-state index in [0.717, 1.165) is 5.69 Å². The van der Waals surface area contributed by atoms with E-state index < -0.39 is 0 Å². The molecule has 0 spiro atoms. The SMILES string of the molecule is O=C(c1ccc(O)cc1)N(c1ccccc1)c1ccc(O)cc1. The number of aromatic hydroxyl groups is 2. The van der Waals surface area contributed by atoms with Crippen LogP contribution in [0.3, 0.4) is 0 Å². The van der Waals surface area contributed by atoms with Gasteiger partial charge in [-0.3, -0.25) is 9.69 Å². The minimum absolute atomic E-state index is 0.109. The Balaban J connectivity index is 2.06. The van der Waals surface area contributed by atoms with E-state index in [1.807, 2.05) is 30.3 Å². The summed E-state index contributed by atoms with van der Waals surface area (Å²) in [6.07, 6.45) is 0. The molecule has 0 heterocycles. The van der Waals surface area contributed by atoms with E-state index in [2.05, 4.69) is 0 Å². The first kappa shape index (κ1) is 14.7.